The zero-order valence-electron chi connectivity index (χ0n) is 51.7. The number of carbonyl (C=O) groups excluding carboxylic acids is 5. The van der Waals surface area contributed by atoms with E-state index >= 15 is 0 Å². The van der Waals surface area contributed by atoms with Gasteiger partial charge in [0.2, 0.25) is 12.6 Å². The molecular formula is C62H64ClN9O25S. The molecule has 0 spiro atoms. The first-order chi connectivity index (χ1) is 46.9. The molecule has 2 unspecified atom stereocenters. The number of likely N-dealkylation sites (N-methyl/N-ethyl adjacent to an activating group) is 1. The third-order valence-electron chi connectivity index (χ3n) is 16.2. The number of nitrogens with one attached hydrogen (secondary N) is 1. The van der Waals surface area contributed by atoms with Crippen molar-refractivity contribution < 1.29 is 120 Å². The number of hydrogen-bond donors (Lipinski definition) is 9. The summed E-state index contributed by atoms with van der Waals surface area (Å²) < 4.78 is 82.3. The number of rotatable bonds is 27. The molecule has 36 heteroatoms. The zero-order valence-corrected chi connectivity index (χ0v) is 53.3. The summed E-state index contributed by atoms with van der Waals surface area (Å²) >= 11 is 6.62. The van der Waals surface area contributed by atoms with Crippen LogP contribution in [0.3, 0.4) is 0 Å². The summed E-state index contributed by atoms with van der Waals surface area (Å²) in [5.41, 5.74) is 1.54. The van der Waals surface area contributed by atoms with E-state index in [4.69, 9.17) is 53.1 Å². The van der Waals surface area contributed by atoms with Crippen molar-refractivity contribution in [3.05, 3.63) is 138 Å². The number of aliphatic hydroxyl groups excluding tert-OH is 7. The topological polar surface area (TPSA) is 451 Å². The van der Waals surface area contributed by atoms with Crippen LogP contribution in [0.4, 0.5) is 11.4 Å². The maximum Gasteiger partial charge on any atom is 0.501 e. The van der Waals surface area contributed by atoms with Crippen molar-refractivity contribution in [2.24, 2.45) is 0 Å². The Morgan fingerprint density at radius 3 is 2.14 bits per heavy atom. The fourth-order valence-electron chi connectivity index (χ4n) is 11.0. The normalized spacial score (nSPS) is 23.1. The summed E-state index contributed by atoms with van der Waals surface area (Å²) in [6.07, 6.45) is -11.3. The molecule has 0 radical (unpaired) electrons. The summed E-state index contributed by atoms with van der Waals surface area (Å²) in [7, 11) is -2.52. The average Bonchev–Trinajstić information content (AvgIpc) is 1.52. The van der Waals surface area contributed by atoms with E-state index in [1.165, 1.54) is 118 Å². The average molecular weight is 1400 g/mol. The van der Waals surface area contributed by atoms with Gasteiger partial charge in [0.1, 0.15) is 71.3 Å². The number of aromatic nitrogens is 5. The van der Waals surface area contributed by atoms with Gasteiger partial charge in [0.15, 0.2) is 23.4 Å². The highest BCUT2D eigenvalue weighted by Crippen LogP contribution is 2.48. The highest BCUT2D eigenvalue weighted by atomic mass is 35.5. The van der Waals surface area contributed by atoms with Gasteiger partial charge in [-0.05, 0) is 83.7 Å². The summed E-state index contributed by atoms with van der Waals surface area (Å²) in [5, 5.41) is 93.2. The number of aliphatic carboxylic acids is 1. The van der Waals surface area contributed by atoms with Gasteiger partial charge < -0.3 is 102 Å². The third kappa shape index (κ3) is 15.1. The summed E-state index contributed by atoms with van der Waals surface area (Å²) in [5.74, 6) is -6.18. The SMILES string of the molecule is COc1ccc2c(OS(=O)(=O)Oc3cc(C(=O)N(C)CCOCCn4cc(COCCN5C(=O)C=CC5=O)nn4)ccc3OC3O[C@H](CO)[C@H](O)[C@H](O)[C@H]3O)cc3c(c2c1)[C@H](CCl)CN3C(=O)c1cn2cc(NC(=O)c3ccc(O[C@@H]4OC(C(=O)O)[C@@H](O)[C@H](O)[C@H]4O)cc3)ccc2n1. The van der Waals surface area contributed by atoms with Crippen LogP contribution < -0.4 is 32.8 Å². The van der Waals surface area contributed by atoms with E-state index in [2.05, 4.69) is 20.6 Å². The molecule has 11 rings (SSSR count). The molecule has 4 aromatic carbocycles. The fourth-order valence-corrected chi connectivity index (χ4v) is 12.0. The van der Waals surface area contributed by atoms with Crippen molar-refractivity contribution in [1.82, 2.24) is 34.2 Å². The number of carboxylic acids is 1. The van der Waals surface area contributed by atoms with Crippen molar-refractivity contribution in [2.75, 3.05) is 76.3 Å². The molecule has 11 atom stereocenters. The lowest BCUT2D eigenvalue weighted by Gasteiger charge is -2.39. The zero-order chi connectivity index (χ0) is 69.9. The maximum absolute atomic E-state index is 14.8. The minimum atomic E-state index is -5.37. The van der Waals surface area contributed by atoms with Crippen LogP contribution in [-0.4, -0.2) is 246 Å². The third-order valence-corrected chi connectivity index (χ3v) is 17.4. The lowest BCUT2D eigenvalue weighted by molar-refractivity contribution is -0.277. The molecule has 5 amide bonds. The predicted octanol–water partition coefficient (Wildman–Crippen LogP) is -0.295. The lowest BCUT2D eigenvalue weighted by Crippen LogP contribution is -2.61. The van der Waals surface area contributed by atoms with E-state index in [0.717, 1.165) is 17.0 Å². The first-order valence-corrected chi connectivity index (χ1v) is 31.9. The number of carboxylic acid groups (broad SMARTS) is 1. The Balaban J connectivity index is 0.786. The second kappa shape index (κ2) is 29.7. The molecule has 9 N–H and O–H groups in total. The standard InChI is InChI=1S/C62H64ClN9O25S/c1-68(15-18-90-19-16-70-27-35(66-67-70)30-91-20-17-71-47(74)13-14-48(71)75)58(83)32-5-11-42(93-62-54(80)51(77)50(76)45(29-73)94-62)44(21-32)97-98(87,88)96-43-23-41-49(39-22-37(89-2)9-10-38(39)43)33(24-63)25-72(41)59(84)40-28-69-26-34(6-12-46(69)65-40)64-57(82)31-3-7-36(8-4-31)92-61-55(81)52(78)53(79)56(95-61)60(85)86/h3-14,21-23,26-28,33,45,50-56,61-62,73,76-81H,15-20,24-25,29-30H2,1-2H3,(H,64,82)(H,85,86)/t33-,45-,50+,51+,52+,53+,54-,55-,56?,61-,62?/m1/s1. The Morgan fingerprint density at radius 1 is 0.735 bits per heavy atom. The van der Waals surface area contributed by atoms with E-state index in [9.17, 15) is 78.0 Å². The number of imidazole rings is 1. The number of ether oxygens (including phenoxy) is 7. The number of fused-ring (bicyclic) bond motifs is 4. The number of pyridine rings is 1. The number of aliphatic hydroxyl groups is 7. The molecule has 7 aromatic rings. The van der Waals surface area contributed by atoms with Gasteiger partial charge in [0.05, 0.1) is 70.8 Å². The maximum atomic E-state index is 14.8. The molecule has 4 aliphatic heterocycles. The van der Waals surface area contributed by atoms with Crippen molar-refractivity contribution in [3.63, 3.8) is 0 Å². The second-order valence-corrected chi connectivity index (χ2v) is 24.2. The van der Waals surface area contributed by atoms with Gasteiger partial charge >= 0.3 is 16.4 Å². The number of carbonyl (C=O) groups is 6. The molecule has 4 aliphatic rings. The van der Waals surface area contributed by atoms with Crippen LogP contribution in [0.2, 0.25) is 0 Å². The molecule has 3 aromatic heterocycles. The van der Waals surface area contributed by atoms with Crippen LogP contribution in [0, 0.1) is 0 Å². The predicted molar refractivity (Wildman–Crippen MR) is 335 cm³/mol. The first-order valence-electron chi connectivity index (χ1n) is 30.0. The molecule has 520 valence electrons. The van der Waals surface area contributed by atoms with E-state index in [0.29, 0.717) is 22.4 Å². The van der Waals surface area contributed by atoms with Gasteiger partial charge in [-0.25, -0.2) is 14.5 Å². The molecule has 2 fully saturated rings. The molecule has 0 bridgehead atoms. The number of halogens is 1. The van der Waals surface area contributed by atoms with Crippen molar-refractivity contribution >= 4 is 85.3 Å². The fraction of sp³-hybridized carbons (Fsp3) is 0.371. The molecular weight excluding hydrogens is 1340 g/mol. The molecule has 34 nitrogen and oxygen atoms in total. The number of alkyl halides is 1. The molecule has 2 saturated heterocycles. The van der Waals surface area contributed by atoms with Crippen LogP contribution in [0.25, 0.3) is 16.4 Å². The Kier molecular flexibility index (Phi) is 21.2. The van der Waals surface area contributed by atoms with E-state index in [-0.39, 0.29) is 109 Å². The number of anilines is 2. The minimum Gasteiger partial charge on any atom is -0.497 e. The monoisotopic (exact) mass is 1400 g/mol. The Labute approximate surface area is 560 Å². The smallest absolute Gasteiger partial charge is 0.497 e. The number of nitrogens with zero attached hydrogens (tertiary/aromatic N) is 8. The van der Waals surface area contributed by atoms with Gasteiger partial charge in [0, 0.05) is 79.1 Å². The molecule has 7 heterocycles. The van der Waals surface area contributed by atoms with Crippen molar-refractivity contribution in [3.8, 4) is 28.7 Å². The molecule has 98 heavy (non-hydrogen) atoms. The van der Waals surface area contributed by atoms with Crippen LogP contribution in [0.5, 0.6) is 28.7 Å². The van der Waals surface area contributed by atoms with Crippen molar-refractivity contribution in [2.45, 2.75) is 80.5 Å². The summed E-state index contributed by atoms with van der Waals surface area (Å²) in [4.78, 5) is 85.5. The Bertz CT molecular complexity index is 4290. The van der Waals surface area contributed by atoms with Crippen LogP contribution in [0.15, 0.2) is 110 Å². The highest BCUT2D eigenvalue weighted by molar-refractivity contribution is 7.82. The second-order valence-electron chi connectivity index (χ2n) is 22.7. The summed E-state index contributed by atoms with van der Waals surface area (Å²) in [6.45, 7) is -0.217. The quantitative estimate of drug-likeness (QED) is 0.0181. The van der Waals surface area contributed by atoms with Gasteiger partial charge in [-0.15, -0.1) is 25.1 Å². The minimum absolute atomic E-state index is 0.0128. The number of methoxy groups -OCH3 is 1. The van der Waals surface area contributed by atoms with Gasteiger partial charge in [-0.1, -0.05) is 5.21 Å². The first kappa shape index (κ1) is 69.9. The van der Waals surface area contributed by atoms with E-state index in [1.54, 1.807) is 12.3 Å². The number of hydrogen-bond acceptors (Lipinski definition) is 27. The molecule has 0 aliphatic carbocycles. The van der Waals surface area contributed by atoms with Gasteiger partial charge in [-0.2, -0.15) is 0 Å². The number of amides is 5. The largest absolute Gasteiger partial charge is 0.501 e. The number of benzene rings is 4. The molecule has 0 saturated carbocycles. The Morgan fingerprint density at radius 2 is 1.43 bits per heavy atom. The van der Waals surface area contributed by atoms with E-state index in [1.807, 2.05) is 0 Å². The van der Waals surface area contributed by atoms with Crippen LogP contribution in [0.1, 0.15) is 48.4 Å². The summed E-state index contributed by atoms with van der Waals surface area (Å²) in [6, 6.07) is 17.7. The van der Waals surface area contributed by atoms with Crippen LogP contribution >= 0.6 is 11.6 Å². The van der Waals surface area contributed by atoms with Gasteiger partial charge in [-0.3, -0.25) is 28.9 Å². The Hall–Kier alpha value is -9.47. The van der Waals surface area contributed by atoms with Crippen LogP contribution in [-0.2, 0) is 56.9 Å². The highest BCUT2D eigenvalue weighted by Gasteiger charge is 2.49. The van der Waals surface area contributed by atoms with Crippen molar-refractivity contribution in [1.29, 1.82) is 0 Å². The van der Waals surface area contributed by atoms with E-state index < -0.39 is 131 Å². The van der Waals surface area contributed by atoms with Gasteiger partial charge in [0.25, 0.3) is 29.5 Å². The number of imide groups is 1. The lowest BCUT2D eigenvalue weighted by atomic mass is 9.95.